The first-order valence-corrected chi connectivity index (χ1v) is 6.97. The zero-order valence-corrected chi connectivity index (χ0v) is 11.8. The Morgan fingerprint density at radius 1 is 1.25 bits per heavy atom. The summed E-state index contributed by atoms with van der Waals surface area (Å²) < 4.78 is 0. The zero-order valence-electron chi connectivity index (χ0n) is 11.8. The first-order valence-electron chi connectivity index (χ1n) is 6.97. The SMILES string of the molecule is CC(C)=Cc1ccc2cc(NC(=O)C3CC3)ncc2c1. The average molecular weight is 266 g/mol. The molecule has 0 saturated heterocycles. The maximum Gasteiger partial charge on any atom is 0.228 e. The topological polar surface area (TPSA) is 42.0 Å². The maximum absolute atomic E-state index is 11.7. The van der Waals surface area contributed by atoms with Crippen molar-refractivity contribution >= 4 is 28.6 Å². The van der Waals surface area contributed by atoms with Crippen LogP contribution in [0.4, 0.5) is 5.82 Å². The molecule has 0 atom stereocenters. The molecule has 1 aromatic heterocycles. The van der Waals surface area contributed by atoms with Gasteiger partial charge in [-0.3, -0.25) is 4.79 Å². The van der Waals surface area contributed by atoms with Crippen LogP contribution in [0, 0.1) is 5.92 Å². The van der Waals surface area contributed by atoms with E-state index in [0.717, 1.165) is 23.6 Å². The van der Waals surface area contributed by atoms with Gasteiger partial charge in [0.2, 0.25) is 5.91 Å². The van der Waals surface area contributed by atoms with Crippen LogP contribution in [0.25, 0.3) is 16.8 Å². The second-order valence-corrected chi connectivity index (χ2v) is 5.66. The molecule has 1 N–H and O–H groups in total. The number of carbonyl (C=O) groups is 1. The zero-order chi connectivity index (χ0) is 14.1. The van der Waals surface area contributed by atoms with Gasteiger partial charge in [0.05, 0.1) is 0 Å². The molecule has 20 heavy (non-hydrogen) atoms. The van der Waals surface area contributed by atoms with Crippen LogP contribution in [0.5, 0.6) is 0 Å². The molecule has 3 heteroatoms. The van der Waals surface area contributed by atoms with E-state index in [2.05, 4.69) is 48.4 Å². The molecule has 3 nitrogen and oxygen atoms in total. The molecule has 3 rings (SSSR count). The van der Waals surface area contributed by atoms with Crippen LogP contribution in [-0.4, -0.2) is 10.9 Å². The number of aromatic nitrogens is 1. The predicted octanol–water partition coefficient (Wildman–Crippen LogP) is 4.01. The Morgan fingerprint density at radius 2 is 2.05 bits per heavy atom. The highest BCUT2D eigenvalue weighted by Crippen LogP contribution is 2.30. The standard InChI is InChI=1S/C17H18N2O/c1-11(2)7-12-3-4-14-9-16(18-10-15(14)8-12)19-17(20)13-5-6-13/h3-4,7-10,13H,5-6H2,1-2H3,(H,18,19,20). The van der Waals surface area contributed by atoms with Gasteiger partial charge in [0.15, 0.2) is 0 Å². The van der Waals surface area contributed by atoms with Crippen molar-refractivity contribution in [1.29, 1.82) is 0 Å². The minimum Gasteiger partial charge on any atom is -0.310 e. The molecule has 0 aliphatic heterocycles. The van der Waals surface area contributed by atoms with Gasteiger partial charge >= 0.3 is 0 Å². The normalized spacial score (nSPS) is 14.1. The van der Waals surface area contributed by atoms with Gasteiger partial charge in [-0.2, -0.15) is 0 Å². The van der Waals surface area contributed by atoms with Gasteiger partial charge in [-0.05, 0) is 49.8 Å². The van der Waals surface area contributed by atoms with E-state index in [1.807, 2.05) is 12.3 Å². The summed E-state index contributed by atoms with van der Waals surface area (Å²) in [5, 5.41) is 5.06. The molecule has 0 unspecified atom stereocenters. The van der Waals surface area contributed by atoms with Gasteiger partial charge in [0, 0.05) is 17.5 Å². The summed E-state index contributed by atoms with van der Waals surface area (Å²) >= 11 is 0. The number of carbonyl (C=O) groups excluding carboxylic acids is 1. The van der Waals surface area contributed by atoms with Gasteiger partial charge in [0.25, 0.3) is 0 Å². The number of nitrogens with zero attached hydrogens (tertiary/aromatic N) is 1. The fraction of sp³-hybridized carbons (Fsp3) is 0.294. The smallest absolute Gasteiger partial charge is 0.228 e. The van der Waals surface area contributed by atoms with E-state index >= 15 is 0 Å². The van der Waals surface area contributed by atoms with Crippen molar-refractivity contribution in [3.8, 4) is 0 Å². The van der Waals surface area contributed by atoms with E-state index in [0.29, 0.717) is 5.82 Å². The summed E-state index contributed by atoms with van der Waals surface area (Å²) in [6, 6.07) is 8.20. The van der Waals surface area contributed by atoms with Crippen molar-refractivity contribution in [3.05, 3.63) is 41.6 Å². The highest BCUT2D eigenvalue weighted by Gasteiger charge is 2.29. The number of rotatable bonds is 3. The third-order valence-electron chi connectivity index (χ3n) is 3.40. The Balaban J connectivity index is 1.87. The molecule has 0 bridgehead atoms. The fourth-order valence-corrected chi connectivity index (χ4v) is 2.23. The fourth-order valence-electron chi connectivity index (χ4n) is 2.23. The molecule has 1 saturated carbocycles. The number of benzene rings is 1. The summed E-state index contributed by atoms with van der Waals surface area (Å²) in [4.78, 5) is 16.1. The van der Waals surface area contributed by atoms with Crippen molar-refractivity contribution in [2.75, 3.05) is 5.32 Å². The molecule has 1 aliphatic rings. The van der Waals surface area contributed by atoms with Crippen molar-refractivity contribution < 1.29 is 4.79 Å². The highest BCUT2D eigenvalue weighted by molar-refractivity contribution is 5.95. The van der Waals surface area contributed by atoms with Gasteiger partial charge in [-0.25, -0.2) is 4.98 Å². The van der Waals surface area contributed by atoms with E-state index < -0.39 is 0 Å². The van der Waals surface area contributed by atoms with Crippen molar-refractivity contribution in [3.63, 3.8) is 0 Å². The monoisotopic (exact) mass is 266 g/mol. The maximum atomic E-state index is 11.7. The number of fused-ring (bicyclic) bond motifs is 1. The Kier molecular flexibility index (Phi) is 3.26. The van der Waals surface area contributed by atoms with Crippen LogP contribution in [0.3, 0.4) is 0 Å². The molecule has 102 valence electrons. The molecule has 1 amide bonds. The molecule has 1 heterocycles. The van der Waals surface area contributed by atoms with Crippen LogP contribution in [0.15, 0.2) is 36.0 Å². The minimum absolute atomic E-state index is 0.0954. The largest absolute Gasteiger partial charge is 0.310 e. The average Bonchev–Trinajstić information content (AvgIpc) is 3.22. The minimum atomic E-state index is 0.0954. The summed E-state index contributed by atoms with van der Waals surface area (Å²) in [5.41, 5.74) is 2.44. The number of anilines is 1. The van der Waals surface area contributed by atoms with Crippen molar-refractivity contribution in [2.24, 2.45) is 5.92 Å². The molecule has 0 spiro atoms. The quantitative estimate of drug-likeness (QED) is 0.912. The van der Waals surface area contributed by atoms with E-state index in [1.54, 1.807) is 0 Å². The second-order valence-electron chi connectivity index (χ2n) is 5.66. The predicted molar refractivity (Wildman–Crippen MR) is 82.4 cm³/mol. The molecule has 1 fully saturated rings. The lowest BCUT2D eigenvalue weighted by Crippen LogP contribution is -2.14. The van der Waals surface area contributed by atoms with E-state index in [9.17, 15) is 4.79 Å². The van der Waals surface area contributed by atoms with E-state index in [-0.39, 0.29) is 11.8 Å². The number of amides is 1. The molecular formula is C17H18N2O. The third-order valence-corrected chi connectivity index (χ3v) is 3.40. The summed E-state index contributed by atoms with van der Waals surface area (Å²) in [7, 11) is 0. The Labute approximate surface area is 118 Å². The first kappa shape index (κ1) is 12.9. The van der Waals surface area contributed by atoms with Crippen LogP contribution in [-0.2, 0) is 4.79 Å². The van der Waals surface area contributed by atoms with Crippen LogP contribution in [0.1, 0.15) is 32.3 Å². The lowest BCUT2D eigenvalue weighted by Gasteiger charge is -2.05. The van der Waals surface area contributed by atoms with Gasteiger partial charge < -0.3 is 5.32 Å². The Morgan fingerprint density at radius 3 is 2.75 bits per heavy atom. The van der Waals surface area contributed by atoms with Crippen LogP contribution >= 0.6 is 0 Å². The highest BCUT2D eigenvalue weighted by atomic mass is 16.2. The Bertz CT molecular complexity index is 695. The first-order chi connectivity index (χ1) is 9.61. The molecule has 1 aromatic carbocycles. The summed E-state index contributed by atoms with van der Waals surface area (Å²) in [6.45, 7) is 4.16. The van der Waals surface area contributed by atoms with Crippen LogP contribution in [0.2, 0.25) is 0 Å². The molecule has 0 radical (unpaired) electrons. The van der Waals surface area contributed by atoms with Gasteiger partial charge in [-0.1, -0.05) is 23.8 Å². The summed E-state index contributed by atoms with van der Waals surface area (Å²) in [5.74, 6) is 0.940. The number of pyridine rings is 1. The van der Waals surface area contributed by atoms with E-state index in [1.165, 1.54) is 11.1 Å². The molecule has 2 aromatic rings. The number of allylic oxidation sites excluding steroid dienone is 1. The number of hydrogen-bond donors (Lipinski definition) is 1. The van der Waals surface area contributed by atoms with Crippen molar-refractivity contribution in [2.45, 2.75) is 26.7 Å². The molecular weight excluding hydrogens is 248 g/mol. The lowest BCUT2D eigenvalue weighted by atomic mass is 10.1. The molecule has 1 aliphatic carbocycles. The second kappa shape index (κ2) is 5.08. The summed E-state index contributed by atoms with van der Waals surface area (Å²) in [6.07, 6.45) is 5.97. The van der Waals surface area contributed by atoms with Crippen LogP contribution < -0.4 is 5.32 Å². The lowest BCUT2D eigenvalue weighted by molar-refractivity contribution is -0.117. The van der Waals surface area contributed by atoms with Gasteiger partial charge in [-0.15, -0.1) is 0 Å². The third kappa shape index (κ3) is 2.87. The van der Waals surface area contributed by atoms with Crippen molar-refractivity contribution in [1.82, 2.24) is 4.98 Å². The van der Waals surface area contributed by atoms with E-state index in [4.69, 9.17) is 0 Å². The number of hydrogen-bond acceptors (Lipinski definition) is 2. The number of nitrogens with one attached hydrogen (secondary N) is 1. The Hall–Kier alpha value is -2.16. The van der Waals surface area contributed by atoms with Gasteiger partial charge in [0.1, 0.15) is 5.82 Å².